The molecule has 2 N–H and O–H groups in total. The number of hydrogen-bond acceptors (Lipinski definition) is 3. The molecule has 1 aliphatic rings. The minimum Gasteiger partial charge on any atom is -0.396 e. The summed E-state index contributed by atoms with van der Waals surface area (Å²) < 4.78 is 0. The van der Waals surface area contributed by atoms with Crippen molar-refractivity contribution in [2.45, 2.75) is 13.5 Å². The molecule has 0 atom stereocenters. The van der Waals surface area contributed by atoms with Crippen molar-refractivity contribution in [1.29, 1.82) is 0 Å². The van der Waals surface area contributed by atoms with Gasteiger partial charge in [0.25, 0.3) is 0 Å². The number of hydrogen-bond donors (Lipinski definition) is 2. The average molecular weight is 221 g/mol. The summed E-state index contributed by atoms with van der Waals surface area (Å²) in [6, 6.07) is 8.34. The Morgan fingerprint density at radius 2 is 1.81 bits per heavy atom. The summed E-state index contributed by atoms with van der Waals surface area (Å²) >= 11 is 0. The topological polar surface area (TPSA) is 43.7 Å². The Bertz CT molecular complexity index is 353. The van der Waals surface area contributed by atoms with Crippen molar-refractivity contribution in [2.24, 2.45) is 5.41 Å². The molecule has 3 nitrogen and oxygen atoms in total. The highest BCUT2D eigenvalue weighted by Crippen LogP contribution is 2.30. The molecule has 1 fully saturated rings. The van der Waals surface area contributed by atoms with Crippen LogP contribution in [0.1, 0.15) is 11.1 Å². The van der Waals surface area contributed by atoms with Gasteiger partial charge in [0.1, 0.15) is 0 Å². The number of rotatable bonds is 4. The quantitative estimate of drug-likeness (QED) is 0.789. The fourth-order valence-electron chi connectivity index (χ4n) is 2.29. The summed E-state index contributed by atoms with van der Waals surface area (Å²) in [5.41, 5.74) is 2.36. The van der Waals surface area contributed by atoms with Gasteiger partial charge < -0.3 is 10.2 Å². The number of nitrogens with zero attached hydrogens (tertiary/aromatic N) is 1. The minimum atomic E-state index is -0.261. The molecule has 0 spiro atoms. The van der Waals surface area contributed by atoms with Crippen LogP contribution in [0.2, 0.25) is 0 Å². The predicted molar refractivity (Wildman–Crippen MR) is 63.1 cm³/mol. The third kappa shape index (κ3) is 2.12. The Kier molecular flexibility index (Phi) is 3.28. The largest absolute Gasteiger partial charge is 0.396 e. The highest BCUT2D eigenvalue weighted by molar-refractivity contribution is 5.25. The Balaban J connectivity index is 1.93. The smallest absolute Gasteiger partial charge is 0.0534 e. The van der Waals surface area contributed by atoms with E-state index in [0.717, 1.165) is 19.6 Å². The summed E-state index contributed by atoms with van der Waals surface area (Å²) in [6.45, 7) is 4.75. The zero-order valence-electron chi connectivity index (χ0n) is 9.69. The van der Waals surface area contributed by atoms with E-state index in [9.17, 15) is 10.2 Å². The van der Waals surface area contributed by atoms with Crippen molar-refractivity contribution in [3.05, 3.63) is 35.4 Å². The second kappa shape index (κ2) is 4.53. The van der Waals surface area contributed by atoms with Crippen molar-refractivity contribution >= 4 is 0 Å². The Hall–Kier alpha value is -0.900. The monoisotopic (exact) mass is 221 g/mol. The molecule has 1 aromatic rings. The van der Waals surface area contributed by atoms with Gasteiger partial charge in [-0.1, -0.05) is 24.3 Å². The summed E-state index contributed by atoms with van der Waals surface area (Å²) in [6.07, 6.45) is 0. The fourth-order valence-corrected chi connectivity index (χ4v) is 2.29. The van der Waals surface area contributed by atoms with Crippen LogP contribution in [0, 0.1) is 12.3 Å². The van der Waals surface area contributed by atoms with Crippen molar-refractivity contribution in [3.63, 3.8) is 0 Å². The van der Waals surface area contributed by atoms with Gasteiger partial charge in [-0.3, -0.25) is 4.90 Å². The van der Waals surface area contributed by atoms with Crippen molar-refractivity contribution < 1.29 is 10.2 Å². The van der Waals surface area contributed by atoms with Crippen LogP contribution in [0.25, 0.3) is 0 Å². The van der Waals surface area contributed by atoms with E-state index in [2.05, 4.69) is 24.0 Å². The molecular formula is C13H19NO2. The van der Waals surface area contributed by atoms with E-state index in [-0.39, 0.29) is 18.6 Å². The van der Waals surface area contributed by atoms with Crippen LogP contribution in [0.15, 0.2) is 24.3 Å². The highest BCUT2D eigenvalue weighted by atomic mass is 16.3. The summed E-state index contributed by atoms with van der Waals surface area (Å²) in [4.78, 5) is 2.26. The fraction of sp³-hybridized carbons (Fsp3) is 0.538. The molecule has 0 radical (unpaired) electrons. The number of aryl methyl sites for hydroxylation is 1. The average Bonchev–Trinajstić information content (AvgIpc) is 2.25. The van der Waals surface area contributed by atoms with Gasteiger partial charge in [0.15, 0.2) is 0 Å². The molecule has 0 saturated carbocycles. The Labute approximate surface area is 96.3 Å². The van der Waals surface area contributed by atoms with Gasteiger partial charge in [-0.25, -0.2) is 0 Å². The molecule has 1 heterocycles. The predicted octanol–water partition coefficient (Wildman–Crippen LogP) is 0.782. The second-order valence-corrected chi connectivity index (χ2v) is 4.89. The summed E-state index contributed by atoms with van der Waals surface area (Å²) in [7, 11) is 0. The summed E-state index contributed by atoms with van der Waals surface area (Å²) in [5, 5.41) is 18.4. The molecule has 0 unspecified atom stereocenters. The van der Waals surface area contributed by atoms with Gasteiger partial charge in [0.05, 0.1) is 13.2 Å². The van der Waals surface area contributed by atoms with Gasteiger partial charge in [-0.15, -0.1) is 0 Å². The summed E-state index contributed by atoms with van der Waals surface area (Å²) in [5.74, 6) is 0. The highest BCUT2D eigenvalue weighted by Gasteiger charge is 2.41. The van der Waals surface area contributed by atoms with Crippen LogP contribution < -0.4 is 0 Å². The molecule has 88 valence electrons. The normalized spacial score (nSPS) is 19.4. The van der Waals surface area contributed by atoms with Gasteiger partial charge in [0, 0.05) is 25.0 Å². The van der Waals surface area contributed by atoms with E-state index in [0.29, 0.717) is 0 Å². The van der Waals surface area contributed by atoms with E-state index < -0.39 is 0 Å². The molecule has 0 amide bonds. The van der Waals surface area contributed by atoms with Crippen LogP contribution in [0.3, 0.4) is 0 Å². The van der Waals surface area contributed by atoms with Crippen LogP contribution in [0.4, 0.5) is 0 Å². The molecule has 0 aliphatic carbocycles. The first-order chi connectivity index (χ1) is 7.69. The van der Waals surface area contributed by atoms with Crippen LogP contribution >= 0.6 is 0 Å². The lowest BCUT2D eigenvalue weighted by atomic mass is 9.81. The molecule has 0 bridgehead atoms. The van der Waals surface area contributed by atoms with Crippen LogP contribution in [0.5, 0.6) is 0 Å². The van der Waals surface area contributed by atoms with Crippen molar-refractivity contribution in [3.8, 4) is 0 Å². The first kappa shape index (κ1) is 11.6. The van der Waals surface area contributed by atoms with E-state index in [1.165, 1.54) is 11.1 Å². The Morgan fingerprint density at radius 1 is 1.19 bits per heavy atom. The first-order valence-electron chi connectivity index (χ1n) is 5.68. The second-order valence-electron chi connectivity index (χ2n) is 4.89. The van der Waals surface area contributed by atoms with Crippen LogP contribution in [-0.2, 0) is 6.54 Å². The third-order valence-electron chi connectivity index (χ3n) is 3.44. The SMILES string of the molecule is Cc1ccccc1CN1CC(CO)(CO)C1. The zero-order chi connectivity index (χ0) is 11.6. The first-order valence-corrected chi connectivity index (χ1v) is 5.68. The maximum atomic E-state index is 9.19. The van der Waals surface area contributed by atoms with E-state index in [4.69, 9.17) is 0 Å². The maximum Gasteiger partial charge on any atom is 0.0534 e. The van der Waals surface area contributed by atoms with E-state index in [1.54, 1.807) is 0 Å². The van der Waals surface area contributed by atoms with Gasteiger partial charge in [0.2, 0.25) is 0 Å². The zero-order valence-corrected chi connectivity index (χ0v) is 9.69. The lowest BCUT2D eigenvalue weighted by Crippen LogP contribution is -2.59. The molecule has 2 rings (SSSR count). The molecule has 0 aromatic heterocycles. The van der Waals surface area contributed by atoms with Gasteiger partial charge >= 0.3 is 0 Å². The number of likely N-dealkylation sites (tertiary alicyclic amines) is 1. The van der Waals surface area contributed by atoms with E-state index >= 15 is 0 Å². The molecule has 1 saturated heterocycles. The lowest BCUT2D eigenvalue weighted by Gasteiger charge is -2.48. The van der Waals surface area contributed by atoms with Gasteiger partial charge in [-0.2, -0.15) is 0 Å². The third-order valence-corrected chi connectivity index (χ3v) is 3.44. The maximum absolute atomic E-state index is 9.19. The number of aliphatic hydroxyl groups is 2. The van der Waals surface area contributed by atoms with Crippen molar-refractivity contribution in [2.75, 3.05) is 26.3 Å². The molecule has 1 aliphatic heterocycles. The number of aliphatic hydroxyl groups excluding tert-OH is 2. The van der Waals surface area contributed by atoms with Gasteiger partial charge in [-0.05, 0) is 18.1 Å². The molecular weight excluding hydrogens is 202 g/mol. The van der Waals surface area contributed by atoms with E-state index in [1.807, 2.05) is 12.1 Å². The number of benzene rings is 1. The molecule has 3 heteroatoms. The molecule has 16 heavy (non-hydrogen) atoms. The van der Waals surface area contributed by atoms with Crippen LogP contribution in [-0.4, -0.2) is 41.4 Å². The lowest BCUT2D eigenvalue weighted by molar-refractivity contribution is -0.0786. The minimum absolute atomic E-state index is 0.0772. The standard InChI is InChI=1S/C13H19NO2/c1-11-4-2-3-5-12(11)6-14-7-13(8-14,9-15)10-16/h2-5,15-16H,6-10H2,1H3. The molecule has 1 aromatic carbocycles. The van der Waals surface area contributed by atoms with Crippen molar-refractivity contribution in [1.82, 2.24) is 4.90 Å². The Morgan fingerprint density at radius 3 is 2.38 bits per heavy atom.